The third kappa shape index (κ3) is 4.05. The first-order valence-electron chi connectivity index (χ1n) is 4.59. The van der Waals surface area contributed by atoms with Crippen LogP contribution in [0.2, 0.25) is 0 Å². The van der Waals surface area contributed by atoms with Crippen LogP contribution in [0.4, 0.5) is 0 Å². The largest absolute Gasteiger partial charge is 0.400 e. The molecule has 0 aliphatic rings. The Labute approximate surface area is 105 Å². The van der Waals surface area contributed by atoms with Crippen LogP contribution < -0.4 is 0 Å². The average Bonchev–Trinajstić information content (AvgIpc) is 2.39. The molecule has 0 radical (unpaired) electrons. The second kappa shape index (κ2) is 6.66. The van der Waals surface area contributed by atoms with Crippen LogP contribution in [0.5, 0.6) is 0 Å². The number of hydrogen-bond acceptors (Lipinski definition) is 7. The van der Waals surface area contributed by atoms with E-state index >= 15 is 0 Å². The number of aromatic nitrogens is 1. The minimum atomic E-state index is -2.85. The molecule has 0 atom stereocenters. The summed E-state index contributed by atoms with van der Waals surface area (Å²) in [5, 5.41) is 3.71. The molecule has 8 heteroatoms. The minimum absolute atomic E-state index is 0.125. The van der Waals surface area contributed by atoms with Crippen molar-refractivity contribution in [3.63, 3.8) is 0 Å². The van der Waals surface area contributed by atoms with Gasteiger partial charge in [-0.15, -0.1) is 0 Å². The van der Waals surface area contributed by atoms with Crippen LogP contribution in [0.25, 0.3) is 0 Å². The summed E-state index contributed by atoms with van der Waals surface area (Å²) < 4.78 is 15.4. The van der Waals surface area contributed by atoms with Gasteiger partial charge in [0.2, 0.25) is 0 Å². The lowest BCUT2D eigenvalue weighted by Gasteiger charge is -2.18. The minimum Gasteiger partial charge on any atom is -0.400 e. The zero-order chi connectivity index (χ0) is 12.7. The van der Waals surface area contributed by atoms with E-state index in [0.29, 0.717) is 5.69 Å². The number of nitrogens with zero attached hydrogens (tertiary/aromatic N) is 2. The summed E-state index contributed by atoms with van der Waals surface area (Å²) in [6, 6.07) is 5.28. The number of pyridine rings is 1. The van der Waals surface area contributed by atoms with Gasteiger partial charge in [0.15, 0.2) is 0 Å². The van der Waals surface area contributed by atoms with Crippen LogP contribution >= 0.6 is 6.72 Å². The molecule has 1 aromatic heterocycles. The highest BCUT2D eigenvalue weighted by Gasteiger charge is 2.23. The lowest BCUT2D eigenvalue weighted by molar-refractivity contribution is 0.200. The molecule has 6 nitrogen and oxygen atoms in total. The van der Waals surface area contributed by atoms with Gasteiger partial charge in [-0.25, -0.2) is 0 Å². The summed E-state index contributed by atoms with van der Waals surface area (Å²) in [5.74, 6) is 0.125. The fraction of sp³-hybridized carbons (Fsp3) is 0.333. The van der Waals surface area contributed by atoms with Gasteiger partial charge >= 0.3 is 6.72 Å². The summed E-state index contributed by atoms with van der Waals surface area (Å²) in [4.78, 5) is 8.75. The van der Waals surface area contributed by atoms with Crippen molar-refractivity contribution in [3.05, 3.63) is 30.1 Å². The van der Waals surface area contributed by atoms with Crippen LogP contribution in [0.3, 0.4) is 0 Å². The van der Waals surface area contributed by atoms with Crippen LogP contribution in [0.1, 0.15) is 5.69 Å². The van der Waals surface area contributed by atoms with Crippen LogP contribution in [0, 0.1) is 0 Å². The zero-order valence-corrected chi connectivity index (χ0v) is 11.4. The van der Waals surface area contributed by atoms with E-state index in [1.165, 1.54) is 21.3 Å². The Morgan fingerprint density at radius 2 is 2.00 bits per heavy atom. The molecule has 1 aromatic rings. The van der Waals surface area contributed by atoms with Crippen LogP contribution in [-0.2, 0) is 30.2 Å². The van der Waals surface area contributed by atoms with Gasteiger partial charge in [-0.2, -0.15) is 0 Å². The highest BCUT2D eigenvalue weighted by molar-refractivity contribution is 8.07. The molecule has 1 rings (SSSR count). The van der Waals surface area contributed by atoms with Crippen molar-refractivity contribution in [1.82, 2.24) is 4.98 Å². The standard InChI is InChI=1S/C9H13N2O4PS/c1-12-11-9(8-6-4-5-7-10-8)15-16(17,13-2)14-3/h4-7H,1-3H3. The van der Waals surface area contributed by atoms with E-state index in [-0.39, 0.29) is 5.90 Å². The molecule has 0 saturated heterocycles. The highest BCUT2D eigenvalue weighted by Crippen LogP contribution is 2.48. The van der Waals surface area contributed by atoms with Crippen molar-refractivity contribution in [2.45, 2.75) is 0 Å². The van der Waals surface area contributed by atoms with E-state index in [1.54, 1.807) is 24.4 Å². The van der Waals surface area contributed by atoms with Crippen molar-refractivity contribution < 1.29 is 18.4 Å². The molecule has 0 saturated carbocycles. The second-order valence-corrected chi connectivity index (χ2v) is 5.85. The average molecular weight is 276 g/mol. The smallest absolute Gasteiger partial charge is 0.381 e. The molecular weight excluding hydrogens is 263 g/mol. The normalized spacial score (nSPS) is 12.3. The molecule has 0 aliphatic heterocycles. The maximum atomic E-state index is 5.41. The molecule has 1 heterocycles. The first-order valence-corrected chi connectivity index (χ1v) is 7.14. The highest BCUT2D eigenvalue weighted by atomic mass is 32.5. The number of oxime groups is 1. The summed E-state index contributed by atoms with van der Waals surface area (Å²) in [7, 11) is 4.22. The van der Waals surface area contributed by atoms with Gasteiger partial charge in [-0.05, 0) is 17.3 Å². The Kier molecular flexibility index (Phi) is 5.50. The maximum absolute atomic E-state index is 5.41. The van der Waals surface area contributed by atoms with Crippen molar-refractivity contribution in [1.29, 1.82) is 0 Å². The van der Waals surface area contributed by atoms with E-state index < -0.39 is 6.72 Å². The van der Waals surface area contributed by atoms with Crippen LogP contribution in [0.15, 0.2) is 29.6 Å². The molecule has 0 amide bonds. The van der Waals surface area contributed by atoms with Gasteiger partial charge in [0.05, 0.1) is 0 Å². The predicted octanol–water partition coefficient (Wildman–Crippen LogP) is 1.92. The van der Waals surface area contributed by atoms with Crippen molar-refractivity contribution >= 4 is 24.4 Å². The van der Waals surface area contributed by atoms with Gasteiger partial charge in [0.1, 0.15) is 12.8 Å². The third-order valence-corrected chi connectivity index (χ3v) is 4.11. The fourth-order valence-corrected chi connectivity index (χ4v) is 1.79. The van der Waals surface area contributed by atoms with Crippen LogP contribution in [-0.4, -0.2) is 32.2 Å². The van der Waals surface area contributed by atoms with Gasteiger partial charge in [-0.1, -0.05) is 6.07 Å². The number of rotatable bonds is 5. The van der Waals surface area contributed by atoms with Crippen molar-refractivity contribution in [2.75, 3.05) is 21.3 Å². The molecule has 0 spiro atoms. The van der Waals surface area contributed by atoms with E-state index in [2.05, 4.69) is 15.0 Å². The Morgan fingerprint density at radius 1 is 1.29 bits per heavy atom. The quantitative estimate of drug-likeness (QED) is 0.354. The lowest BCUT2D eigenvalue weighted by Crippen LogP contribution is -2.09. The summed E-state index contributed by atoms with van der Waals surface area (Å²) in [6.45, 7) is -2.85. The Bertz CT molecular complexity index is 418. The van der Waals surface area contributed by atoms with E-state index in [4.69, 9.17) is 25.4 Å². The Hall–Kier alpha value is -1.01. The first kappa shape index (κ1) is 14.1. The van der Waals surface area contributed by atoms with Gasteiger partial charge < -0.3 is 18.4 Å². The van der Waals surface area contributed by atoms with Gasteiger partial charge in [0, 0.05) is 32.2 Å². The molecular formula is C9H13N2O4PS. The topological polar surface area (TPSA) is 62.2 Å². The Balaban J connectivity index is 2.97. The second-order valence-electron chi connectivity index (χ2n) is 2.70. The fourth-order valence-electron chi connectivity index (χ4n) is 0.937. The lowest BCUT2D eigenvalue weighted by atomic mass is 10.3. The SMILES string of the molecule is CON=C(OP(=S)(OC)OC)c1ccccn1. The monoisotopic (exact) mass is 276 g/mol. The Morgan fingerprint density at radius 3 is 2.47 bits per heavy atom. The summed E-state index contributed by atoms with van der Waals surface area (Å²) in [5.41, 5.74) is 0.484. The van der Waals surface area contributed by atoms with Crippen molar-refractivity contribution in [2.24, 2.45) is 5.16 Å². The predicted molar refractivity (Wildman–Crippen MR) is 67.2 cm³/mol. The molecule has 94 valence electrons. The van der Waals surface area contributed by atoms with E-state index in [9.17, 15) is 0 Å². The van der Waals surface area contributed by atoms with E-state index in [0.717, 1.165) is 0 Å². The van der Waals surface area contributed by atoms with Gasteiger partial charge in [0.25, 0.3) is 5.90 Å². The molecule has 0 unspecified atom stereocenters. The number of hydrogen-bond donors (Lipinski definition) is 0. The third-order valence-electron chi connectivity index (χ3n) is 1.70. The first-order chi connectivity index (χ1) is 8.15. The molecule has 0 aromatic carbocycles. The molecule has 0 aliphatic carbocycles. The molecule has 0 fully saturated rings. The molecule has 0 N–H and O–H groups in total. The zero-order valence-electron chi connectivity index (χ0n) is 9.69. The summed E-state index contributed by atoms with van der Waals surface area (Å²) in [6.07, 6.45) is 1.60. The molecule has 0 bridgehead atoms. The van der Waals surface area contributed by atoms with E-state index in [1.807, 2.05) is 0 Å². The van der Waals surface area contributed by atoms with Crippen molar-refractivity contribution in [3.8, 4) is 0 Å². The summed E-state index contributed by atoms with van der Waals surface area (Å²) >= 11 is 5.08. The molecule has 17 heavy (non-hydrogen) atoms. The maximum Gasteiger partial charge on any atom is 0.381 e. The van der Waals surface area contributed by atoms with Gasteiger partial charge in [-0.3, -0.25) is 4.98 Å².